The van der Waals surface area contributed by atoms with E-state index in [-0.39, 0.29) is 44.0 Å². The second kappa shape index (κ2) is 16.8. The van der Waals surface area contributed by atoms with Crippen LogP contribution in [0.25, 0.3) is 0 Å². The maximum absolute atomic E-state index is 6.80. The van der Waals surface area contributed by atoms with Gasteiger partial charge in [0, 0.05) is 61.5 Å². The molecule has 1 aromatic heterocycles. The molecule has 328 valence electrons. The van der Waals surface area contributed by atoms with Crippen LogP contribution < -0.4 is 35.8 Å². The second-order valence-corrected chi connectivity index (χ2v) is 20.5. The van der Waals surface area contributed by atoms with E-state index < -0.39 is 0 Å². The van der Waals surface area contributed by atoms with Gasteiger partial charge in [0.1, 0.15) is 5.82 Å². The van der Waals surface area contributed by atoms with E-state index in [0.29, 0.717) is 11.5 Å². The number of rotatable bonds is 6. The van der Waals surface area contributed by atoms with Crippen LogP contribution in [-0.4, -0.2) is 11.7 Å². The number of hydrogen-bond donors (Lipinski definition) is 0. The summed E-state index contributed by atoms with van der Waals surface area (Å²) in [4.78, 5) is 11.8. The van der Waals surface area contributed by atoms with Gasteiger partial charge in [-0.2, -0.15) is 12.1 Å². The van der Waals surface area contributed by atoms with E-state index in [1.807, 2.05) is 18.3 Å². The van der Waals surface area contributed by atoms with Crippen LogP contribution >= 0.6 is 0 Å². The fourth-order valence-electron chi connectivity index (χ4n) is 9.46. The first kappa shape index (κ1) is 45.0. The van der Waals surface area contributed by atoms with Crippen molar-refractivity contribution in [1.82, 2.24) is 4.98 Å². The molecule has 9 rings (SSSR count). The monoisotopic (exact) mass is 1020 g/mol. The topological polar surface area (TPSA) is 31.8 Å². The summed E-state index contributed by atoms with van der Waals surface area (Å²) in [5.41, 5.74) is 17.5. The molecule has 0 spiro atoms. The number of benzene rings is 6. The summed E-state index contributed by atoms with van der Waals surface area (Å²) in [6, 6.07) is 51.1. The van der Waals surface area contributed by atoms with Gasteiger partial charge in [-0.25, -0.2) is 4.98 Å². The number of para-hydroxylation sites is 3. The minimum Gasteiger partial charge on any atom is -0.509 e. The SMILES string of the molecule is Cc1cc(C)c(B2c3ccc(Oc4[c-]c(N5[CH-]N(c6cc(C(C)(C)C)ccc6C(C)(C)C)c6ccccc65)ccc4)[c-]c3N(c3cc(C(C)(C)C)ccn3)c3ccccc32)c(C)c1.[Pt]. The third-order valence-corrected chi connectivity index (χ3v) is 12.6. The minimum atomic E-state index is -0.0614. The van der Waals surface area contributed by atoms with Crippen LogP contribution in [0.1, 0.15) is 95.7 Å². The van der Waals surface area contributed by atoms with Gasteiger partial charge in [-0.1, -0.05) is 150 Å². The van der Waals surface area contributed by atoms with E-state index in [1.54, 1.807) is 0 Å². The smallest absolute Gasteiger partial charge is 0.181 e. The summed E-state index contributed by atoms with van der Waals surface area (Å²) in [5, 5.41) is 0. The number of aryl methyl sites for hydroxylation is 3. The second-order valence-electron chi connectivity index (χ2n) is 20.5. The molecule has 0 radical (unpaired) electrons. The first-order chi connectivity index (χ1) is 29.9. The first-order valence-electron chi connectivity index (χ1n) is 22.2. The fraction of sp³-hybridized carbons (Fsp3) is 0.263. The van der Waals surface area contributed by atoms with Crippen molar-refractivity contribution in [2.24, 2.45) is 0 Å². The van der Waals surface area contributed by atoms with Crippen molar-refractivity contribution >= 4 is 63.0 Å². The molecule has 0 saturated heterocycles. The van der Waals surface area contributed by atoms with Gasteiger partial charge in [0.2, 0.25) is 0 Å². The molecule has 64 heavy (non-hydrogen) atoms. The van der Waals surface area contributed by atoms with Gasteiger partial charge < -0.3 is 19.4 Å². The van der Waals surface area contributed by atoms with E-state index >= 15 is 0 Å². The van der Waals surface area contributed by atoms with E-state index in [9.17, 15) is 0 Å². The van der Waals surface area contributed by atoms with Crippen molar-refractivity contribution in [3.8, 4) is 11.5 Å². The number of fused-ring (bicyclic) bond motifs is 3. The molecule has 7 aromatic rings. The first-order valence-corrected chi connectivity index (χ1v) is 22.2. The number of aromatic nitrogens is 1. The predicted octanol–water partition coefficient (Wildman–Crippen LogP) is 13.0. The Morgan fingerprint density at radius 1 is 0.562 bits per heavy atom. The van der Waals surface area contributed by atoms with Crippen LogP contribution in [-0.2, 0) is 37.3 Å². The van der Waals surface area contributed by atoms with Gasteiger partial charge in [0.25, 0.3) is 0 Å². The molecule has 6 aromatic carbocycles. The minimum absolute atomic E-state index is 0. The Morgan fingerprint density at radius 2 is 1.19 bits per heavy atom. The largest absolute Gasteiger partial charge is 0.509 e. The van der Waals surface area contributed by atoms with Crippen molar-refractivity contribution in [2.45, 2.75) is 99.3 Å². The molecule has 7 heteroatoms. The standard InChI is InChI=1S/C57H58BN4O.Pt/c1-37-30-38(2)54(39(3)31-37)58-46-20-13-14-21-48(46)62(53-33-41(28-29-59-53)56(7,8)9)52-35-44(25-27-47(52)58)63-43-19-17-18-42(34-43)60-36-61(50-23-16-15-22-49(50)60)51-32-40(55(4,5)6)24-26-45(51)57(10,11)12;/h13-33,36H,1-12H3;/q-3;. The molecule has 5 nitrogen and oxygen atoms in total. The van der Waals surface area contributed by atoms with Crippen LogP contribution in [0, 0.1) is 39.6 Å². The van der Waals surface area contributed by atoms with Crippen molar-refractivity contribution < 1.29 is 25.8 Å². The molecule has 0 N–H and O–H groups in total. The zero-order valence-corrected chi connectivity index (χ0v) is 41.6. The maximum Gasteiger partial charge on any atom is 0.181 e. The van der Waals surface area contributed by atoms with Crippen molar-refractivity contribution in [1.29, 1.82) is 0 Å². The van der Waals surface area contributed by atoms with Crippen LogP contribution in [0.5, 0.6) is 11.5 Å². The third-order valence-electron chi connectivity index (χ3n) is 12.6. The number of pyridine rings is 1. The Labute approximate surface area is 396 Å². The Hall–Kier alpha value is -5.58. The molecule has 3 heterocycles. The molecule has 0 fully saturated rings. The molecule has 0 atom stereocenters. The summed E-state index contributed by atoms with van der Waals surface area (Å²) >= 11 is 0. The summed E-state index contributed by atoms with van der Waals surface area (Å²) in [6.07, 6.45) is 1.93. The molecule has 0 amide bonds. The van der Waals surface area contributed by atoms with Gasteiger partial charge >= 0.3 is 0 Å². The summed E-state index contributed by atoms with van der Waals surface area (Å²) in [6.45, 7) is 29.3. The molecular formula is C57H58BN4OPt-3. The zero-order valence-electron chi connectivity index (χ0n) is 39.3. The molecule has 0 bridgehead atoms. The van der Waals surface area contributed by atoms with Crippen molar-refractivity contribution in [2.75, 3.05) is 14.7 Å². The number of nitrogens with zero attached hydrogens (tertiary/aromatic N) is 4. The van der Waals surface area contributed by atoms with E-state index in [0.717, 1.165) is 39.7 Å². The zero-order chi connectivity index (χ0) is 44.6. The van der Waals surface area contributed by atoms with Gasteiger partial charge in [-0.15, -0.1) is 48.2 Å². The Bertz CT molecular complexity index is 2860. The van der Waals surface area contributed by atoms with Crippen LogP contribution in [0.15, 0.2) is 128 Å². The Morgan fingerprint density at radius 3 is 1.86 bits per heavy atom. The van der Waals surface area contributed by atoms with Crippen LogP contribution in [0.4, 0.5) is 39.9 Å². The van der Waals surface area contributed by atoms with Gasteiger partial charge in [0.05, 0.1) is 0 Å². The van der Waals surface area contributed by atoms with Crippen molar-refractivity contribution in [3.05, 3.63) is 180 Å². The predicted molar refractivity (Wildman–Crippen MR) is 266 cm³/mol. The fourth-order valence-corrected chi connectivity index (χ4v) is 9.46. The van der Waals surface area contributed by atoms with Gasteiger partial charge in [-0.3, -0.25) is 0 Å². The normalized spacial score (nSPS) is 13.6. The third kappa shape index (κ3) is 8.31. The van der Waals surface area contributed by atoms with E-state index in [1.165, 1.54) is 50.0 Å². The Balaban J connectivity index is 0.00000560. The Kier molecular flexibility index (Phi) is 11.8. The molecule has 0 aliphatic carbocycles. The van der Waals surface area contributed by atoms with E-state index in [4.69, 9.17) is 9.72 Å². The average Bonchev–Trinajstić information content (AvgIpc) is 3.62. The molecular weight excluding hydrogens is 963 g/mol. The van der Waals surface area contributed by atoms with Crippen LogP contribution in [0.3, 0.4) is 0 Å². The van der Waals surface area contributed by atoms with Gasteiger partial charge in [0.15, 0.2) is 6.71 Å². The number of ether oxygens (including phenoxy) is 1. The quantitative estimate of drug-likeness (QED) is 0.122. The van der Waals surface area contributed by atoms with Gasteiger partial charge in [-0.05, 0) is 90.1 Å². The van der Waals surface area contributed by atoms with Crippen LogP contribution in [0.2, 0.25) is 0 Å². The van der Waals surface area contributed by atoms with E-state index in [2.05, 4.69) is 226 Å². The molecule has 0 unspecified atom stereocenters. The number of hydrogen-bond acceptors (Lipinski definition) is 5. The molecule has 0 saturated carbocycles. The summed E-state index contributed by atoms with van der Waals surface area (Å²) < 4.78 is 6.80. The van der Waals surface area contributed by atoms with Crippen molar-refractivity contribution in [3.63, 3.8) is 0 Å². The molecule has 2 aliphatic rings. The summed E-state index contributed by atoms with van der Waals surface area (Å²) in [5.74, 6) is 2.07. The molecule has 2 aliphatic heterocycles. The average molecular weight is 1020 g/mol. The summed E-state index contributed by atoms with van der Waals surface area (Å²) in [7, 11) is 0. The number of anilines is 7. The maximum atomic E-state index is 6.80.